The molecule has 1 N–H and O–H groups in total. The summed E-state index contributed by atoms with van der Waals surface area (Å²) in [6.07, 6.45) is 2.38. The number of amides is 1. The largest absolute Gasteiger partial charge is 0.497 e. The van der Waals surface area contributed by atoms with E-state index >= 15 is 0 Å². The predicted octanol–water partition coefficient (Wildman–Crippen LogP) is 3.51. The Labute approximate surface area is 146 Å². The van der Waals surface area contributed by atoms with Crippen LogP contribution in [0.15, 0.2) is 24.3 Å². The molecule has 1 amide bonds. The van der Waals surface area contributed by atoms with Gasteiger partial charge in [0, 0.05) is 16.3 Å². The lowest BCUT2D eigenvalue weighted by molar-refractivity contribution is -0.0377. The second-order valence-electron chi connectivity index (χ2n) is 7.44. The first-order chi connectivity index (χ1) is 11.5. The number of fused-ring (bicyclic) bond motifs is 4. The molecule has 0 unspecified atom stereocenters. The number of thiophene rings is 1. The molecule has 0 radical (unpaired) electrons. The van der Waals surface area contributed by atoms with Gasteiger partial charge in [0.15, 0.2) is 0 Å². The number of methoxy groups -OCH3 is 1. The highest BCUT2D eigenvalue weighted by Crippen LogP contribution is 2.39. The normalized spacial score (nSPS) is 28.0. The Morgan fingerprint density at radius 3 is 2.71 bits per heavy atom. The number of nitrogens with one attached hydrogen (secondary N) is 1. The zero-order valence-corrected chi connectivity index (χ0v) is 15.3. The van der Waals surface area contributed by atoms with Crippen LogP contribution in [0.3, 0.4) is 0 Å². The summed E-state index contributed by atoms with van der Waals surface area (Å²) >= 11 is 1.55. The monoisotopic (exact) mass is 344 g/mol. The molecule has 2 bridgehead atoms. The molecule has 24 heavy (non-hydrogen) atoms. The number of hydrogen-bond acceptors (Lipinski definition) is 4. The molecule has 3 saturated heterocycles. The number of hydrogen-bond donors (Lipinski definition) is 1. The van der Waals surface area contributed by atoms with Gasteiger partial charge in [-0.15, -0.1) is 11.3 Å². The first-order valence-corrected chi connectivity index (χ1v) is 9.44. The standard InChI is InChI=1S/C19H24N2O2S/c1-19(2)17(12-6-8-21(19)9-7-12)20-18(22)16-11-13-10-14(23-3)4-5-15(13)24-16/h4-5,10-12,17H,6-9H2,1-3H3,(H,20,22)/t17-/m0/s1. The van der Waals surface area contributed by atoms with Gasteiger partial charge in [0.25, 0.3) is 5.91 Å². The van der Waals surface area contributed by atoms with Crippen molar-refractivity contribution in [1.29, 1.82) is 0 Å². The van der Waals surface area contributed by atoms with Crippen LogP contribution in [0.25, 0.3) is 10.1 Å². The van der Waals surface area contributed by atoms with Crippen molar-refractivity contribution in [2.45, 2.75) is 38.3 Å². The maximum absolute atomic E-state index is 12.9. The van der Waals surface area contributed by atoms with Crippen molar-refractivity contribution in [3.8, 4) is 5.75 Å². The summed E-state index contributed by atoms with van der Waals surface area (Å²) in [5.41, 5.74) is 0.0384. The summed E-state index contributed by atoms with van der Waals surface area (Å²) in [6, 6.07) is 8.16. The van der Waals surface area contributed by atoms with Gasteiger partial charge in [0.2, 0.25) is 0 Å². The van der Waals surface area contributed by atoms with E-state index < -0.39 is 0 Å². The molecule has 0 saturated carbocycles. The molecule has 5 rings (SSSR count). The SMILES string of the molecule is COc1ccc2sc(C(=O)N[C@H]3C4CCN(CC4)C3(C)C)cc2c1. The third kappa shape index (κ3) is 2.50. The van der Waals surface area contributed by atoms with Crippen LogP contribution in [0.2, 0.25) is 0 Å². The summed E-state index contributed by atoms with van der Waals surface area (Å²) in [7, 11) is 1.66. The van der Waals surface area contributed by atoms with E-state index in [1.165, 1.54) is 12.8 Å². The van der Waals surface area contributed by atoms with Gasteiger partial charge in [-0.05, 0) is 75.3 Å². The molecule has 4 nitrogen and oxygen atoms in total. The molecule has 3 aliphatic rings. The van der Waals surface area contributed by atoms with E-state index in [0.29, 0.717) is 5.92 Å². The molecule has 0 aliphatic carbocycles. The van der Waals surface area contributed by atoms with Gasteiger partial charge in [-0.25, -0.2) is 0 Å². The maximum Gasteiger partial charge on any atom is 0.261 e. The maximum atomic E-state index is 12.9. The Bertz CT molecular complexity index is 775. The number of carbonyl (C=O) groups excluding carboxylic acids is 1. The minimum atomic E-state index is 0.0384. The highest BCUT2D eigenvalue weighted by atomic mass is 32.1. The van der Waals surface area contributed by atoms with Crippen LogP contribution in [0, 0.1) is 5.92 Å². The number of piperidine rings is 3. The van der Waals surface area contributed by atoms with E-state index in [1.54, 1.807) is 18.4 Å². The van der Waals surface area contributed by atoms with Crippen molar-refractivity contribution in [1.82, 2.24) is 10.2 Å². The van der Waals surface area contributed by atoms with Crippen LogP contribution in [0.5, 0.6) is 5.75 Å². The van der Waals surface area contributed by atoms with Crippen LogP contribution in [0.4, 0.5) is 0 Å². The molecule has 1 aromatic heterocycles. The van der Waals surface area contributed by atoms with Crippen LogP contribution < -0.4 is 10.1 Å². The zero-order chi connectivity index (χ0) is 16.9. The molecule has 1 atom stereocenters. The lowest BCUT2D eigenvalue weighted by Crippen LogP contribution is -2.69. The molecule has 0 spiro atoms. The summed E-state index contributed by atoms with van der Waals surface area (Å²) in [5.74, 6) is 1.48. The first-order valence-electron chi connectivity index (χ1n) is 8.62. The predicted molar refractivity (Wildman–Crippen MR) is 98.0 cm³/mol. The molecule has 4 heterocycles. The lowest BCUT2D eigenvalue weighted by atomic mass is 9.72. The Morgan fingerprint density at radius 2 is 2.04 bits per heavy atom. The summed E-state index contributed by atoms with van der Waals surface area (Å²) < 4.78 is 6.39. The van der Waals surface area contributed by atoms with Crippen LogP contribution >= 0.6 is 11.3 Å². The fourth-order valence-electron chi connectivity index (χ4n) is 4.35. The van der Waals surface area contributed by atoms with Crippen molar-refractivity contribution in [3.63, 3.8) is 0 Å². The van der Waals surface area contributed by atoms with Crippen LogP contribution in [-0.4, -0.2) is 42.6 Å². The third-order valence-electron chi connectivity index (χ3n) is 5.82. The van der Waals surface area contributed by atoms with E-state index in [1.807, 2.05) is 24.3 Å². The minimum Gasteiger partial charge on any atom is -0.497 e. The number of nitrogens with zero attached hydrogens (tertiary/aromatic N) is 1. The Kier molecular flexibility index (Phi) is 3.81. The van der Waals surface area contributed by atoms with Crippen LogP contribution in [0.1, 0.15) is 36.4 Å². The van der Waals surface area contributed by atoms with E-state index in [9.17, 15) is 4.79 Å². The zero-order valence-electron chi connectivity index (χ0n) is 14.5. The van der Waals surface area contributed by atoms with E-state index in [2.05, 4.69) is 24.1 Å². The van der Waals surface area contributed by atoms with E-state index in [0.717, 1.165) is 33.8 Å². The fraction of sp³-hybridized carbons (Fsp3) is 0.526. The van der Waals surface area contributed by atoms with Crippen molar-refractivity contribution in [2.75, 3.05) is 20.2 Å². The second kappa shape index (κ2) is 5.74. The third-order valence-corrected chi connectivity index (χ3v) is 6.94. The van der Waals surface area contributed by atoms with Crippen LogP contribution in [-0.2, 0) is 0 Å². The number of ether oxygens (including phenoxy) is 1. The summed E-state index contributed by atoms with van der Waals surface area (Å²) in [5, 5.41) is 4.41. The van der Waals surface area contributed by atoms with Gasteiger partial charge < -0.3 is 10.1 Å². The first kappa shape index (κ1) is 15.9. The van der Waals surface area contributed by atoms with Gasteiger partial charge in [0.05, 0.1) is 12.0 Å². The van der Waals surface area contributed by atoms with Gasteiger partial charge in [-0.1, -0.05) is 0 Å². The van der Waals surface area contributed by atoms with Crippen molar-refractivity contribution in [2.24, 2.45) is 5.92 Å². The number of benzene rings is 1. The molecule has 3 aliphatic heterocycles. The molecular weight excluding hydrogens is 320 g/mol. The van der Waals surface area contributed by atoms with Crippen molar-refractivity contribution in [3.05, 3.63) is 29.1 Å². The molecular formula is C19H24N2O2S. The molecule has 128 valence electrons. The van der Waals surface area contributed by atoms with Crippen molar-refractivity contribution >= 4 is 27.3 Å². The van der Waals surface area contributed by atoms with Gasteiger partial charge in [0.1, 0.15) is 5.75 Å². The average molecular weight is 344 g/mol. The second-order valence-corrected chi connectivity index (χ2v) is 8.53. The Hall–Kier alpha value is -1.59. The topological polar surface area (TPSA) is 41.6 Å². The van der Waals surface area contributed by atoms with Gasteiger partial charge >= 0.3 is 0 Å². The van der Waals surface area contributed by atoms with Crippen molar-refractivity contribution < 1.29 is 9.53 Å². The average Bonchev–Trinajstić information content (AvgIpc) is 3.01. The smallest absolute Gasteiger partial charge is 0.261 e. The summed E-state index contributed by atoms with van der Waals surface area (Å²) in [6.45, 7) is 6.84. The minimum absolute atomic E-state index is 0.0384. The van der Waals surface area contributed by atoms with Gasteiger partial charge in [-0.2, -0.15) is 0 Å². The molecule has 2 aromatic rings. The molecule has 5 heteroatoms. The van der Waals surface area contributed by atoms with E-state index in [4.69, 9.17) is 4.74 Å². The Balaban J connectivity index is 1.58. The van der Waals surface area contributed by atoms with E-state index in [-0.39, 0.29) is 17.5 Å². The summed E-state index contributed by atoms with van der Waals surface area (Å²) in [4.78, 5) is 16.2. The van der Waals surface area contributed by atoms with Gasteiger partial charge in [-0.3, -0.25) is 9.69 Å². The molecule has 3 fully saturated rings. The number of carbonyl (C=O) groups is 1. The highest BCUT2D eigenvalue weighted by molar-refractivity contribution is 7.20. The number of rotatable bonds is 3. The Morgan fingerprint density at radius 1 is 1.29 bits per heavy atom. The molecule has 1 aromatic carbocycles. The highest BCUT2D eigenvalue weighted by Gasteiger charge is 2.48. The fourth-order valence-corrected chi connectivity index (χ4v) is 5.30. The quantitative estimate of drug-likeness (QED) is 0.926. The lowest BCUT2D eigenvalue weighted by Gasteiger charge is -2.56.